The van der Waals surface area contributed by atoms with E-state index in [1.54, 1.807) is 48.5 Å². The minimum atomic E-state index is -3.72. The Morgan fingerprint density at radius 1 is 0.929 bits per heavy atom. The predicted octanol–water partition coefficient (Wildman–Crippen LogP) is 1.59. The first-order chi connectivity index (χ1) is 13.6. The molecule has 2 aromatic rings. The molecule has 148 valence electrons. The summed E-state index contributed by atoms with van der Waals surface area (Å²) in [5.41, 5.74) is 0.726. The van der Waals surface area contributed by atoms with E-state index in [1.165, 1.54) is 4.31 Å². The monoisotopic (exact) mass is 399 g/mol. The summed E-state index contributed by atoms with van der Waals surface area (Å²) < 4.78 is 28.3. The lowest BCUT2D eigenvalue weighted by Crippen LogP contribution is -2.49. The van der Waals surface area contributed by atoms with Crippen molar-refractivity contribution in [1.82, 2.24) is 14.5 Å². The maximum absolute atomic E-state index is 13.4. The van der Waals surface area contributed by atoms with E-state index in [-0.39, 0.29) is 22.3 Å². The van der Waals surface area contributed by atoms with Crippen molar-refractivity contribution < 1.29 is 13.2 Å². The van der Waals surface area contributed by atoms with Gasteiger partial charge < -0.3 is 5.32 Å². The number of nitrogens with one attached hydrogen (secondary N) is 1. The predicted molar refractivity (Wildman–Crippen MR) is 108 cm³/mol. The fourth-order valence-corrected chi connectivity index (χ4v) is 5.72. The second-order valence-electron chi connectivity index (χ2n) is 7.28. The lowest BCUT2D eigenvalue weighted by Gasteiger charge is -2.32. The third-order valence-corrected chi connectivity index (χ3v) is 7.50. The van der Waals surface area contributed by atoms with E-state index in [4.69, 9.17) is 0 Å². The minimum Gasteiger partial charge on any atom is -0.314 e. The lowest BCUT2D eigenvalue weighted by atomic mass is 10.0. The van der Waals surface area contributed by atoms with Gasteiger partial charge in [0.2, 0.25) is 10.0 Å². The molecule has 2 fully saturated rings. The first-order valence-electron chi connectivity index (χ1n) is 9.71. The van der Waals surface area contributed by atoms with E-state index >= 15 is 0 Å². The Kier molecular flexibility index (Phi) is 5.59. The molecule has 2 aromatic carbocycles. The van der Waals surface area contributed by atoms with E-state index in [0.29, 0.717) is 18.7 Å². The number of piperazine rings is 1. The van der Waals surface area contributed by atoms with Gasteiger partial charge in [-0.05, 0) is 18.6 Å². The SMILES string of the molecule is O=C(c1ccccc1)c1ccccc1S(=O)(=O)N1CCC(N2CCNCC2)C1. The average molecular weight is 400 g/mol. The summed E-state index contributed by atoms with van der Waals surface area (Å²) >= 11 is 0. The van der Waals surface area contributed by atoms with E-state index < -0.39 is 10.0 Å². The second kappa shape index (κ2) is 8.13. The first-order valence-corrected chi connectivity index (χ1v) is 11.1. The largest absolute Gasteiger partial charge is 0.314 e. The number of hydrogen-bond acceptors (Lipinski definition) is 5. The lowest BCUT2D eigenvalue weighted by molar-refractivity contribution is 0.103. The van der Waals surface area contributed by atoms with Crippen LogP contribution in [0.3, 0.4) is 0 Å². The molecular weight excluding hydrogens is 374 g/mol. The van der Waals surface area contributed by atoms with Gasteiger partial charge in [0.15, 0.2) is 5.78 Å². The molecule has 0 radical (unpaired) electrons. The topological polar surface area (TPSA) is 69.7 Å². The van der Waals surface area contributed by atoms with E-state index in [2.05, 4.69) is 10.2 Å². The summed E-state index contributed by atoms with van der Waals surface area (Å²) in [7, 11) is -3.72. The quantitative estimate of drug-likeness (QED) is 0.774. The van der Waals surface area contributed by atoms with Crippen LogP contribution in [0.25, 0.3) is 0 Å². The van der Waals surface area contributed by atoms with Crippen LogP contribution < -0.4 is 5.32 Å². The molecule has 0 spiro atoms. The Morgan fingerprint density at radius 2 is 1.61 bits per heavy atom. The van der Waals surface area contributed by atoms with Crippen molar-refractivity contribution in [3.05, 3.63) is 65.7 Å². The summed E-state index contributed by atoms with van der Waals surface area (Å²) in [6, 6.07) is 15.6. The fraction of sp³-hybridized carbons (Fsp3) is 0.381. The van der Waals surface area contributed by atoms with Crippen molar-refractivity contribution in [2.24, 2.45) is 0 Å². The Balaban J connectivity index is 1.59. The third kappa shape index (κ3) is 3.75. The number of rotatable bonds is 5. The normalized spacial score (nSPS) is 21.6. The van der Waals surface area contributed by atoms with Crippen molar-refractivity contribution >= 4 is 15.8 Å². The van der Waals surface area contributed by atoms with Crippen LogP contribution in [0.1, 0.15) is 22.3 Å². The van der Waals surface area contributed by atoms with Gasteiger partial charge in [-0.15, -0.1) is 0 Å². The van der Waals surface area contributed by atoms with Crippen LogP contribution in [0.4, 0.5) is 0 Å². The van der Waals surface area contributed by atoms with Crippen LogP contribution in [0.15, 0.2) is 59.5 Å². The van der Waals surface area contributed by atoms with Crippen molar-refractivity contribution in [2.45, 2.75) is 17.4 Å². The molecular formula is C21H25N3O3S. The van der Waals surface area contributed by atoms with Gasteiger partial charge in [-0.1, -0.05) is 42.5 Å². The van der Waals surface area contributed by atoms with E-state index in [9.17, 15) is 13.2 Å². The molecule has 2 aliphatic rings. The molecule has 0 amide bonds. The smallest absolute Gasteiger partial charge is 0.243 e. The Morgan fingerprint density at radius 3 is 2.36 bits per heavy atom. The molecule has 1 unspecified atom stereocenters. The summed E-state index contributed by atoms with van der Waals surface area (Å²) in [4.78, 5) is 15.4. The van der Waals surface area contributed by atoms with Crippen molar-refractivity contribution in [2.75, 3.05) is 39.3 Å². The van der Waals surface area contributed by atoms with Crippen LogP contribution in [-0.2, 0) is 10.0 Å². The van der Waals surface area contributed by atoms with Crippen molar-refractivity contribution in [3.63, 3.8) is 0 Å². The molecule has 0 aliphatic carbocycles. The maximum Gasteiger partial charge on any atom is 0.243 e. The van der Waals surface area contributed by atoms with E-state index in [0.717, 1.165) is 32.6 Å². The molecule has 0 bridgehead atoms. The molecule has 2 aliphatic heterocycles. The van der Waals surface area contributed by atoms with Crippen LogP contribution >= 0.6 is 0 Å². The molecule has 28 heavy (non-hydrogen) atoms. The van der Waals surface area contributed by atoms with Crippen molar-refractivity contribution in [3.8, 4) is 0 Å². The number of benzene rings is 2. The highest BCUT2D eigenvalue weighted by Crippen LogP contribution is 2.27. The summed E-state index contributed by atoms with van der Waals surface area (Å²) in [6.45, 7) is 4.75. The number of nitrogens with zero attached hydrogens (tertiary/aromatic N) is 2. The zero-order valence-corrected chi connectivity index (χ0v) is 16.6. The number of sulfonamides is 1. The third-order valence-electron chi connectivity index (χ3n) is 5.58. The Hall–Kier alpha value is -2.06. The van der Waals surface area contributed by atoms with Crippen LogP contribution in [0.2, 0.25) is 0 Å². The zero-order chi connectivity index (χ0) is 19.6. The van der Waals surface area contributed by atoms with Crippen molar-refractivity contribution in [1.29, 1.82) is 0 Å². The van der Waals surface area contributed by atoms with Gasteiger partial charge in [0, 0.05) is 56.4 Å². The second-order valence-corrected chi connectivity index (χ2v) is 9.19. The van der Waals surface area contributed by atoms with Gasteiger partial charge in [-0.25, -0.2) is 8.42 Å². The highest BCUT2D eigenvalue weighted by atomic mass is 32.2. The first kappa shape index (κ1) is 19.3. The highest BCUT2D eigenvalue weighted by molar-refractivity contribution is 7.89. The average Bonchev–Trinajstić information content (AvgIpc) is 3.26. The van der Waals surface area contributed by atoms with Gasteiger partial charge >= 0.3 is 0 Å². The minimum absolute atomic E-state index is 0.102. The maximum atomic E-state index is 13.4. The number of hydrogen-bond donors (Lipinski definition) is 1. The molecule has 0 saturated carbocycles. The molecule has 2 heterocycles. The summed E-state index contributed by atoms with van der Waals surface area (Å²) in [6.07, 6.45) is 0.827. The van der Waals surface area contributed by atoms with Gasteiger partial charge in [-0.3, -0.25) is 9.69 Å². The van der Waals surface area contributed by atoms with Gasteiger partial charge in [0.05, 0.1) is 4.90 Å². The fourth-order valence-electron chi connectivity index (χ4n) is 4.04. The summed E-state index contributed by atoms with van der Waals surface area (Å²) in [5.74, 6) is -0.266. The van der Waals surface area contributed by atoms with Crippen LogP contribution in [0, 0.1) is 0 Å². The van der Waals surface area contributed by atoms with Gasteiger partial charge in [-0.2, -0.15) is 4.31 Å². The molecule has 1 N–H and O–H groups in total. The molecule has 4 rings (SSSR count). The number of carbonyl (C=O) groups is 1. The molecule has 7 heteroatoms. The summed E-state index contributed by atoms with van der Waals surface area (Å²) in [5, 5.41) is 3.33. The van der Waals surface area contributed by atoms with Gasteiger partial charge in [0.1, 0.15) is 0 Å². The zero-order valence-electron chi connectivity index (χ0n) is 15.8. The van der Waals surface area contributed by atoms with Crippen LogP contribution in [0.5, 0.6) is 0 Å². The molecule has 6 nitrogen and oxygen atoms in total. The molecule has 1 atom stereocenters. The number of ketones is 1. The standard InChI is InChI=1S/C21H25N3O3S/c25-21(17-6-2-1-3-7-17)19-8-4-5-9-20(19)28(26,27)24-13-10-18(16-24)23-14-11-22-12-15-23/h1-9,18,22H,10-16H2. The van der Waals surface area contributed by atoms with E-state index in [1.807, 2.05) is 6.07 Å². The Labute approximate surface area is 166 Å². The van der Waals surface area contributed by atoms with Gasteiger partial charge in [0.25, 0.3) is 0 Å². The van der Waals surface area contributed by atoms with Crippen LogP contribution in [-0.4, -0.2) is 68.7 Å². The number of carbonyl (C=O) groups excluding carboxylic acids is 1. The molecule has 0 aromatic heterocycles. The Bertz CT molecular complexity index is 940. The highest BCUT2D eigenvalue weighted by Gasteiger charge is 2.37. The molecule has 2 saturated heterocycles.